The number of pyridine rings is 1. The quantitative estimate of drug-likeness (QED) is 0.892. The molecule has 0 aliphatic carbocycles. The lowest BCUT2D eigenvalue weighted by molar-refractivity contribution is 0.0639. The number of methoxy groups -OCH3 is 1. The van der Waals surface area contributed by atoms with Gasteiger partial charge in [-0.15, -0.1) is 0 Å². The van der Waals surface area contributed by atoms with Crippen molar-refractivity contribution >= 4 is 11.6 Å². The number of aromatic nitrogens is 1. The van der Waals surface area contributed by atoms with Crippen molar-refractivity contribution in [2.75, 3.05) is 7.11 Å². The van der Waals surface area contributed by atoms with Gasteiger partial charge in [0, 0.05) is 12.3 Å². The Morgan fingerprint density at radius 1 is 1.62 bits per heavy atom. The van der Waals surface area contributed by atoms with E-state index in [-0.39, 0.29) is 6.42 Å². The summed E-state index contributed by atoms with van der Waals surface area (Å²) in [7, 11) is 1.44. The maximum absolute atomic E-state index is 12.6. The Morgan fingerprint density at radius 2 is 2.25 bits per heavy atom. The van der Waals surface area contributed by atoms with E-state index in [4.69, 9.17) is 22.1 Å². The van der Waals surface area contributed by atoms with Crippen LogP contribution in [0.4, 0.5) is 8.78 Å². The van der Waals surface area contributed by atoms with Crippen LogP contribution in [0.1, 0.15) is 12.5 Å². The Bertz CT molecular complexity index is 372. The number of nitrogens with two attached hydrogens (primary N) is 1. The van der Waals surface area contributed by atoms with E-state index in [2.05, 4.69) is 4.98 Å². The predicted octanol–water partition coefficient (Wildman–Crippen LogP) is 2.27. The van der Waals surface area contributed by atoms with Crippen molar-refractivity contribution in [1.29, 1.82) is 0 Å². The van der Waals surface area contributed by atoms with Crippen LogP contribution >= 0.6 is 11.6 Å². The fraction of sp³-hybridized carbons (Fsp3) is 0.500. The number of hydrogen-bond acceptors (Lipinski definition) is 3. The van der Waals surface area contributed by atoms with Crippen molar-refractivity contribution in [2.24, 2.45) is 5.73 Å². The van der Waals surface area contributed by atoms with Crippen LogP contribution in [0.2, 0.25) is 5.02 Å². The summed E-state index contributed by atoms with van der Waals surface area (Å²) < 4.78 is 30.1. The van der Waals surface area contributed by atoms with Crippen LogP contribution in [-0.4, -0.2) is 24.1 Å². The lowest BCUT2D eigenvalue weighted by atomic mass is 9.95. The van der Waals surface area contributed by atoms with Crippen LogP contribution in [0.25, 0.3) is 0 Å². The summed E-state index contributed by atoms with van der Waals surface area (Å²) in [6.45, 7) is 1.28. The van der Waals surface area contributed by atoms with Gasteiger partial charge < -0.3 is 10.5 Å². The van der Waals surface area contributed by atoms with Crippen molar-refractivity contribution in [1.82, 2.24) is 4.98 Å². The molecule has 0 spiro atoms. The first-order valence-corrected chi connectivity index (χ1v) is 5.00. The molecule has 0 aromatic carbocycles. The number of hydrogen-bond donors (Lipinski definition) is 1. The fourth-order valence-electron chi connectivity index (χ4n) is 1.19. The Morgan fingerprint density at radius 3 is 2.75 bits per heavy atom. The van der Waals surface area contributed by atoms with Gasteiger partial charge in [-0.1, -0.05) is 11.6 Å². The topological polar surface area (TPSA) is 48.1 Å². The summed E-state index contributed by atoms with van der Waals surface area (Å²) in [6.07, 6.45) is -1.30. The van der Waals surface area contributed by atoms with E-state index < -0.39 is 12.0 Å². The Hall–Kier alpha value is -0.940. The molecule has 1 atom stereocenters. The van der Waals surface area contributed by atoms with Crippen molar-refractivity contribution in [2.45, 2.75) is 25.3 Å². The molecule has 0 aliphatic heterocycles. The third-order valence-corrected chi connectivity index (χ3v) is 2.53. The molecule has 1 unspecified atom stereocenters. The van der Waals surface area contributed by atoms with E-state index in [1.54, 1.807) is 0 Å². The molecule has 1 heterocycles. The standard InChI is InChI=1S/C10H13ClF2N2O/c1-10(14,9(12)13)4-6-3-8(16-2)15-5-7(6)11/h3,5,9H,4,14H2,1-2H3. The zero-order valence-corrected chi connectivity index (χ0v) is 9.76. The third kappa shape index (κ3) is 3.02. The van der Waals surface area contributed by atoms with E-state index in [9.17, 15) is 8.78 Å². The van der Waals surface area contributed by atoms with Gasteiger partial charge in [0.2, 0.25) is 5.88 Å². The summed E-state index contributed by atoms with van der Waals surface area (Å²) in [5.74, 6) is 0.324. The van der Waals surface area contributed by atoms with Crippen molar-refractivity contribution in [3.63, 3.8) is 0 Å². The number of alkyl halides is 2. The average molecular weight is 251 g/mol. The highest BCUT2D eigenvalue weighted by atomic mass is 35.5. The Kier molecular flexibility index (Phi) is 4.04. The van der Waals surface area contributed by atoms with Crippen LogP contribution in [-0.2, 0) is 6.42 Å². The third-order valence-electron chi connectivity index (χ3n) is 2.19. The van der Waals surface area contributed by atoms with Gasteiger partial charge in [0.25, 0.3) is 6.43 Å². The molecule has 0 aliphatic rings. The van der Waals surface area contributed by atoms with E-state index in [1.165, 1.54) is 26.3 Å². The molecule has 6 heteroatoms. The SMILES string of the molecule is COc1cc(CC(C)(N)C(F)F)c(Cl)cn1. The minimum atomic E-state index is -2.62. The first-order chi connectivity index (χ1) is 7.36. The van der Waals surface area contributed by atoms with Crippen LogP contribution in [0, 0.1) is 0 Å². The first-order valence-electron chi connectivity index (χ1n) is 4.62. The zero-order valence-electron chi connectivity index (χ0n) is 9.01. The van der Waals surface area contributed by atoms with E-state index in [1.807, 2.05) is 0 Å². The van der Waals surface area contributed by atoms with Crippen LogP contribution in [0.3, 0.4) is 0 Å². The summed E-state index contributed by atoms with van der Waals surface area (Å²) in [5.41, 5.74) is 4.37. The second kappa shape index (κ2) is 4.93. The van der Waals surface area contributed by atoms with E-state index >= 15 is 0 Å². The Labute approximate surface area is 97.6 Å². The lowest BCUT2D eigenvalue weighted by Crippen LogP contribution is -2.45. The highest BCUT2D eigenvalue weighted by Gasteiger charge is 2.31. The van der Waals surface area contributed by atoms with Gasteiger partial charge in [0.05, 0.1) is 17.7 Å². The number of nitrogens with zero attached hydrogens (tertiary/aromatic N) is 1. The summed E-state index contributed by atoms with van der Waals surface area (Å²) in [4.78, 5) is 3.85. The van der Waals surface area contributed by atoms with Gasteiger partial charge in [-0.05, 0) is 18.9 Å². The Balaban J connectivity index is 2.96. The smallest absolute Gasteiger partial charge is 0.256 e. The van der Waals surface area contributed by atoms with Crippen LogP contribution in [0.5, 0.6) is 5.88 Å². The molecule has 0 amide bonds. The molecule has 0 saturated carbocycles. The molecule has 0 radical (unpaired) electrons. The fourth-order valence-corrected chi connectivity index (χ4v) is 1.36. The van der Waals surface area contributed by atoms with Gasteiger partial charge in [-0.25, -0.2) is 13.8 Å². The second-order valence-electron chi connectivity index (χ2n) is 3.80. The molecule has 1 aromatic heterocycles. The van der Waals surface area contributed by atoms with Gasteiger partial charge in [-0.2, -0.15) is 0 Å². The summed E-state index contributed by atoms with van der Waals surface area (Å²) in [5, 5.41) is 0.304. The minimum Gasteiger partial charge on any atom is -0.481 e. The largest absolute Gasteiger partial charge is 0.481 e. The van der Waals surface area contributed by atoms with Crippen molar-refractivity contribution < 1.29 is 13.5 Å². The molecule has 16 heavy (non-hydrogen) atoms. The molecule has 2 N–H and O–H groups in total. The molecule has 0 bridgehead atoms. The molecular formula is C10H13ClF2N2O. The predicted molar refractivity (Wildman–Crippen MR) is 58.1 cm³/mol. The van der Waals surface area contributed by atoms with Gasteiger partial charge >= 0.3 is 0 Å². The minimum absolute atomic E-state index is 0.0393. The number of ether oxygens (including phenoxy) is 1. The van der Waals surface area contributed by atoms with E-state index in [0.29, 0.717) is 16.5 Å². The maximum Gasteiger partial charge on any atom is 0.256 e. The highest BCUT2D eigenvalue weighted by molar-refractivity contribution is 6.31. The molecule has 1 rings (SSSR count). The highest BCUT2D eigenvalue weighted by Crippen LogP contribution is 2.25. The summed E-state index contributed by atoms with van der Waals surface area (Å²) >= 11 is 5.85. The summed E-state index contributed by atoms with van der Waals surface area (Å²) in [6, 6.07) is 1.51. The molecule has 3 nitrogen and oxygen atoms in total. The van der Waals surface area contributed by atoms with Crippen molar-refractivity contribution in [3.8, 4) is 5.88 Å². The number of halogens is 3. The lowest BCUT2D eigenvalue weighted by Gasteiger charge is -2.24. The van der Waals surface area contributed by atoms with Gasteiger partial charge in [-0.3, -0.25) is 0 Å². The molecule has 90 valence electrons. The van der Waals surface area contributed by atoms with Crippen LogP contribution in [0.15, 0.2) is 12.3 Å². The van der Waals surface area contributed by atoms with Crippen molar-refractivity contribution in [3.05, 3.63) is 22.8 Å². The zero-order chi connectivity index (χ0) is 12.3. The van der Waals surface area contributed by atoms with Crippen LogP contribution < -0.4 is 10.5 Å². The second-order valence-corrected chi connectivity index (χ2v) is 4.21. The monoisotopic (exact) mass is 250 g/mol. The number of rotatable bonds is 4. The van der Waals surface area contributed by atoms with Gasteiger partial charge in [0.1, 0.15) is 0 Å². The molecular weight excluding hydrogens is 238 g/mol. The normalized spacial score (nSPS) is 14.9. The maximum atomic E-state index is 12.6. The van der Waals surface area contributed by atoms with Gasteiger partial charge in [0.15, 0.2) is 0 Å². The molecule has 1 aromatic rings. The van der Waals surface area contributed by atoms with E-state index in [0.717, 1.165) is 0 Å². The average Bonchev–Trinajstić information content (AvgIpc) is 2.21. The first kappa shape index (κ1) is 13.1. The molecule has 0 saturated heterocycles. The molecule has 0 fully saturated rings.